The van der Waals surface area contributed by atoms with Crippen molar-refractivity contribution < 1.29 is 14.3 Å². The molecule has 4 nitrogen and oxygen atoms in total. The van der Waals surface area contributed by atoms with Crippen molar-refractivity contribution in [1.82, 2.24) is 5.32 Å². The van der Waals surface area contributed by atoms with Gasteiger partial charge in [0.15, 0.2) is 0 Å². The van der Waals surface area contributed by atoms with E-state index in [-0.39, 0.29) is 12.4 Å². The third-order valence-corrected chi connectivity index (χ3v) is 3.16. The van der Waals surface area contributed by atoms with Crippen LogP contribution in [0.3, 0.4) is 0 Å². The molecule has 5 heteroatoms. The number of carbonyl (C=O) groups excluding carboxylic acids is 1. The Kier molecular flexibility index (Phi) is 7.24. The topological polar surface area (TPSA) is 47.6 Å². The Balaban J connectivity index is 2.57. The zero-order chi connectivity index (χ0) is 15.7. The van der Waals surface area contributed by atoms with Gasteiger partial charge in [0.1, 0.15) is 0 Å². The molecule has 0 saturated carbocycles. The second-order valence-electron chi connectivity index (χ2n) is 4.91. The van der Waals surface area contributed by atoms with Gasteiger partial charge in [0.25, 0.3) is 0 Å². The molecule has 0 heterocycles. The van der Waals surface area contributed by atoms with E-state index < -0.39 is 5.54 Å². The van der Waals surface area contributed by atoms with Crippen molar-refractivity contribution in [3.63, 3.8) is 0 Å². The van der Waals surface area contributed by atoms with Crippen LogP contribution < -0.4 is 5.32 Å². The van der Waals surface area contributed by atoms with Crippen LogP contribution in [0.25, 0.3) is 0 Å². The van der Waals surface area contributed by atoms with Crippen LogP contribution in [0.5, 0.6) is 0 Å². The second kappa shape index (κ2) is 8.68. The Morgan fingerprint density at radius 2 is 2.00 bits per heavy atom. The summed E-state index contributed by atoms with van der Waals surface area (Å²) in [4.78, 5) is 11.4. The Hall–Kier alpha value is -1.54. The van der Waals surface area contributed by atoms with Gasteiger partial charge in [0, 0.05) is 17.7 Å². The van der Waals surface area contributed by atoms with Crippen LogP contribution in [0.15, 0.2) is 24.3 Å². The molecule has 0 fully saturated rings. The number of hydrogen-bond acceptors (Lipinski definition) is 4. The molecule has 0 radical (unpaired) electrons. The van der Waals surface area contributed by atoms with Gasteiger partial charge in [-0.05, 0) is 31.2 Å². The number of carbonyl (C=O) groups is 1. The molecule has 0 saturated heterocycles. The molecule has 0 spiro atoms. The molecule has 0 amide bonds. The van der Waals surface area contributed by atoms with Gasteiger partial charge in [-0.2, -0.15) is 0 Å². The molecular weight excluding hydrogens is 290 g/mol. The summed E-state index contributed by atoms with van der Waals surface area (Å²) < 4.78 is 9.84. The molecule has 1 atom stereocenters. The first-order valence-corrected chi connectivity index (χ1v) is 6.92. The summed E-state index contributed by atoms with van der Waals surface area (Å²) in [7, 11) is 2.96. The van der Waals surface area contributed by atoms with Crippen LogP contribution in [-0.4, -0.2) is 38.9 Å². The van der Waals surface area contributed by atoms with E-state index in [0.29, 0.717) is 18.2 Å². The highest BCUT2D eigenvalue weighted by atomic mass is 35.5. The monoisotopic (exact) mass is 309 g/mol. The van der Waals surface area contributed by atoms with Gasteiger partial charge in [-0.25, -0.2) is 0 Å². The van der Waals surface area contributed by atoms with E-state index in [1.54, 1.807) is 19.2 Å². The number of ether oxygens (including phenoxy) is 2. The first kappa shape index (κ1) is 17.5. The van der Waals surface area contributed by atoms with Crippen LogP contribution in [0.4, 0.5) is 0 Å². The molecule has 0 unspecified atom stereocenters. The van der Waals surface area contributed by atoms with Crippen LogP contribution in [-0.2, 0) is 14.3 Å². The Bertz CT molecular complexity index is 519. The maximum atomic E-state index is 11.4. The Morgan fingerprint density at radius 1 is 1.33 bits per heavy atom. The van der Waals surface area contributed by atoms with Crippen molar-refractivity contribution in [2.45, 2.75) is 18.9 Å². The molecule has 1 N–H and O–H groups in total. The van der Waals surface area contributed by atoms with E-state index in [9.17, 15) is 4.79 Å². The predicted molar refractivity (Wildman–Crippen MR) is 83.2 cm³/mol. The summed E-state index contributed by atoms with van der Waals surface area (Å²) in [6, 6.07) is 7.31. The number of rotatable bonds is 6. The van der Waals surface area contributed by atoms with Gasteiger partial charge in [0.2, 0.25) is 0 Å². The lowest BCUT2D eigenvalue weighted by molar-refractivity contribution is -0.142. The van der Waals surface area contributed by atoms with Crippen molar-refractivity contribution in [3.8, 4) is 11.8 Å². The van der Waals surface area contributed by atoms with Gasteiger partial charge < -0.3 is 9.47 Å². The number of nitrogens with one attached hydrogen (secondary N) is 1. The minimum absolute atomic E-state index is 0.222. The highest BCUT2D eigenvalue weighted by molar-refractivity contribution is 6.30. The van der Waals surface area contributed by atoms with E-state index in [4.69, 9.17) is 21.1 Å². The zero-order valence-corrected chi connectivity index (χ0v) is 13.3. The molecule has 0 aliphatic carbocycles. The average Bonchev–Trinajstić information content (AvgIpc) is 2.45. The summed E-state index contributed by atoms with van der Waals surface area (Å²) in [5.41, 5.74) is 0.388. The van der Waals surface area contributed by atoms with Crippen molar-refractivity contribution >= 4 is 17.6 Å². The van der Waals surface area contributed by atoms with Crippen LogP contribution >= 0.6 is 11.6 Å². The first-order valence-electron chi connectivity index (χ1n) is 6.54. The average molecular weight is 310 g/mol. The Morgan fingerprint density at radius 3 is 2.57 bits per heavy atom. The second-order valence-corrected chi connectivity index (χ2v) is 5.35. The molecule has 1 aromatic rings. The van der Waals surface area contributed by atoms with Gasteiger partial charge in [-0.3, -0.25) is 10.1 Å². The van der Waals surface area contributed by atoms with Crippen LogP contribution in [0.1, 0.15) is 18.9 Å². The standard InChI is InChI=1S/C16H20ClNO3/c1-16(12-20-2,11-15(19)21-3)18-10-4-5-13-6-8-14(17)9-7-13/h6-9,18H,10-12H2,1-3H3/t16-/m0/s1. The van der Waals surface area contributed by atoms with E-state index in [1.807, 2.05) is 19.1 Å². The predicted octanol–water partition coefficient (Wildman–Crippen LogP) is 2.25. The minimum atomic E-state index is -0.503. The largest absolute Gasteiger partial charge is 0.469 e. The van der Waals surface area contributed by atoms with Gasteiger partial charge in [-0.1, -0.05) is 23.4 Å². The van der Waals surface area contributed by atoms with Gasteiger partial charge in [0.05, 0.1) is 32.2 Å². The molecular formula is C16H20ClNO3. The smallest absolute Gasteiger partial charge is 0.307 e. The summed E-state index contributed by atoms with van der Waals surface area (Å²) in [6.45, 7) is 2.74. The summed E-state index contributed by atoms with van der Waals surface area (Å²) in [5, 5.41) is 3.90. The van der Waals surface area contributed by atoms with Crippen LogP contribution in [0.2, 0.25) is 5.02 Å². The summed E-state index contributed by atoms with van der Waals surface area (Å²) in [6.07, 6.45) is 0.222. The van der Waals surface area contributed by atoms with Crippen LogP contribution in [0, 0.1) is 11.8 Å². The minimum Gasteiger partial charge on any atom is -0.469 e. The molecule has 0 aliphatic heterocycles. The number of methoxy groups -OCH3 is 2. The molecule has 1 rings (SSSR count). The number of esters is 1. The molecule has 0 bridgehead atoms. The molecule has 114 valence electrons. The fourth-order valence-corrected chi connectivity index (χ4v) is 1.94. The molecule has 0 aliphatic rings. The molecule has 1 aromatic carbocycles. The Labute approximate surface area is 130 Å². The van der Waals surface area contributed by atoms with E-state index in [0.717, 1.165) is 5.56 Å². The number of benzene rings is 1. The van der Waals surface area contributed by atoms with E-state index >= 15 is 0 Å². The quantitative estimate of drug-likeness (QED) is 0.647. The zero-order valence-electron chi connectivity index (χ0n) is 12.5. The van der Waals surface area contributed by atoms with E-state index in [1.165, 1.54) is 7.11 Å². The number of hydrogen-bond donors (Lipinski definition) is 1. The molecule has 0 aromatic heterocycles. The first-order chi connectivity index (χ1) is 9.99. The van der Waals surface area contributed by atoms with Gasteiger partial charge >= 0.3 is 5.97 Å². The lowest BCUT2D eigenvalue weighted by Gasteiger charge is -2.28. The fourth-order valence-electron chi connectivity index (χ4n) is 1.81. The van der Waals surface area contributed by atoms with E-state index in [2.05, 4.69) is 17.2 Å². The maximum Gasteiger partial charge on any atom is 0.307 e. The molecule has 21 heavy (non-hydrogen) atoms. The highest BCUT2D eigenvalue weighted by Gasteiger charge is 2.27. The lowest BCUT2D eigenvalue weighted by Crippen LogP contribution is -2.48. The number of halogens is 1. The van der Waals surface area contributed by atoms with Crippen molar-refractivity contribution in [2.24, 2.45) is 0 Å². The maximum absolute atomic E-state index is 11.4. The third kappa shape index (κ3) is 6.63. The summed E-state index contributed by atoms with van der Waals surface area (Å²) in [5.74, 6) is 5.76. The van der Waals surface area contributed by atoms with Crippen molar-refractivity contribution in [1.29, 1.82) is 0 Å². The van der Waals surface area contributed by atoms with Crippen molar-refractivity contribution in [3.05, 3.63) is 34.9 Å². The fraction of sp³-hybridized carbons (Fsp3) is 0.438. The highest BCUT2D eigenvalue weighted by Crippen LogP contribution is 2.11. The lowest BCUT2D eigenvalue weighted by atomic mass is 9.99. The summed E-state index contributed by atoms with van der Waals surface area (Å²) >= 11 is 5.81. The van der Waals surface area contributed by atoms with Crippen molar-refractivity contribution in [2.75, 3.05) is 27.4 Å². The third-order valence-electron chi connectivity index (χ3n) is 2.91. The van der Waals surface area contributed by atoms with Gasteiger partial charge in [-0.15, -0.1) is 0 Å². The normalized spacial score (nSPS) is 13.0. The SMILES string of the molecule is COC[C@](C)(CC(=O)OC)NCC#Cc1ccc(Cl)cc1.